The highest BCUT2D eigenvalue weighted by atomic mass is 35.5. The van der Waals surface area contributed by atoms with Crippen LogP contribution in [0.2, 0.25) is 5.02 Å². The van der Waals surface area contributed by atoms with Gasteiger partial charge in [0.25, 0.3) is 5.91 Å². The second kappa shape index (κ2) is 5.00. The minimum Gasteiger partial charge on any atom is -0.311 e. The maximum Gasteiger partial charge on any atom is 0.258 e. The second-order valence-corrected chi connectivity index (χ2v) is 5.63. The average Bonchev–Trinajstić information content (AvgIpc) is 2.66. The summed E-state index contributed by atoms with van der Waals surface area (Å²) in [7, 11) is 1.78. The Morgan fingerprint density at radius 3 is 2.55 bits per heavy atom. The summed E-state index contributed by atoms with van der Waals surface area (Å²) in [4.78, 5) is 14.9. The van der Waals surface area contributed by atoms with Crippen LogP contribution >= 0.6 is 24.2 Å². The molecule has 100 valence electrons. The summed E-state index contributed by atoms with van der Waals surface area (Å²) in [5.74, 6) is -0.00566. The summed E-state index contributed by atoms with van der Waals surface area (Å²) in [6.07, 6.45) is 1.88. The third kappa shape index (κ3) is 2.23. The minimum absolute atomic E-state index is 0.00566. The van der Waals surface area contributed by atoms with Gasteiger partial charge in [-0.2, -0.15) is 0 Å². The fourth-order valence-corrected chi connectivity index (χ4v) is 2.63. The second-order valence-electron chi connectivity index (χ2n) is 4.68. The van der Waals surface area contributed by atoms with E-state index in [2.05, 4.69) is 12.6 Å². The van der Waals surface area contributed by atoms with Crippen LogP contribution in [0.4, 0.5) is 5.69 Å². The Kier molecular flexibility index (Phi) is 3.32. The van der Waals surface area contributed by atoms with Crippen LogP contribution in [0.3, 0.4) is 0 Å². The van der Waals surface area contributed by atoms with Crippen molar-refractivity contribution >= 4 is 47.5 Å². The Balaban J connectivity index is 2.13. The van der Waals surface area contributed by atoms with Gasteiger partial charge in [-0.3, -0.25) is 4.79 Å². The van der Waals surface area contributed by atoms with Crippen molar-refractivity contribution < 1.29 is 4.79 Å². The van der Waals surface area contributed by atoms with E-state index in [1.165, 1.54) is 0 Å². The van der Waals surface area contributed by atoms with E-state index in [1.54, 1.807) is 11.9 Å². The van der Waals surface area contributed by atoms with E-state index in [1.807, 2.05) is 48.5 Å². The number of thiol groups is 1. The van der Waals surface area contributed by atoms with Crippen molar-refractivity contribution in [3.05, 3.63) is 58.6 Å². The Labute approximate surface area is 128 Å². The fourth-order valence-electron chi connectivity index (χ4n) is 2.30. The number of carbonyl (C=O) groups excluding carboxylic acids is 1. The van der Waals surface area contributed by atoms with Crippen LogP contribution in [-0.2, 0) is 4.79 Å². The summed E-state index contributed by atoms with van der Waals surface area (Å²) in [6.45, 7) is 0. The van der Waals surface area contributed by atoms with E-state index >= 15 is 0 Å². The van der Waals surface area contributed by atoms with Crippen molar-refractivity contribution in [2.75, 3.05) is 11.9 Å². The van der Waals surface area contributed by atoms with Crippen LogP contribution in [-0.4, -0.2) is 13.0 Å². The van der Waals surface area contributed by atoms with Crippen LogP contribution in [0.1, 0.15) is 11.1 Å². The molecule has 1 aliphatic rings. The van der Waals surface area contributed by atoms with Crippen molar-refractivity contribution in [3.8, 4) is 0 Å². The maximum absolute atomic E-state index is 12.4. The van der Waals surface area contributed by atoms with Gasteiger partial charge in [0, 0.05) is 28.1 Å². The number of halogens is 1. The van der Waals surface area contributed by atoms with Crippen molar-refractivity contribution in [2.45, 2.75) is 4.90 Å². The molecule has 3 rings (SSSR count). The monoisotopic (exact) mass is 301 g/mol. The molecule has 0 saturated carbocycles. The lowest BCUT2D eigenvalue weighted by atomic mass is 10.0. The van der Waals surface area contributed by atoms with Crippen LogP contribution in [0.15, 0.2) is 47.4 Å². The van der Waals surface area contributed by atoms with E-state index in [0.717, 1.165) is 21.7 Å². The third-order valence-corrected chi connectivity index (χ3v) is 3.88. The first kappa shape index (κ1) is 13.3. The quantitative estimate of drug-likeness (QED) is 0.620. The van der Waals surface area contributed by atoms with Gasteiger partial charge in [0.2, 0.25) is 0 Å². The molecule has 1 amide bonds. The molecule has 0 bridgehead atoms. The Hall–Kier alpha value is -1.71. The number of hydrogen-bond donors (Lipinski definition) is 1. The van der Waals surface area contributed by atoms with Crippen LogP contribution in [0.25, 0.3) is 11.6 Å². The Bertz CT molecular complexity index is 722. The molecule has 0 unspecified atom stereocenters. The molecule has 4 heteroatoms. The summed E-state index contributed by atoms with van der Waals surface area (Å²) < 4.78 is 0. The lowest BCUT2D eigenvalue weighted by molar-refractivity contribution is -0.112. The summed E-state index contributed by atoms with van der Waals surface area (Å²) >= 11 is 10.2. The molecule has 2 aromatic carbocycles. The number of carbonyl (C=O) groups is 1. The number of anilines is 1. The largest absolute Gasteiger partial charge is 0.311 e. The zero-order valence-corrected chi connectivity index (χ0v) is 12.4. The highest BCUT2D eigenvalue weighted by Crippen LogP contribution is 2.38. The van der Waals surface area contributed by atoms with Crippen LogP contribution < -0.4 is 4.90 Å². The molecule has 0 fully saturated rings. The first-order valence-corrected chi connectivity index (χ1v) is 6.97. The van der Waals surface area contributed by atoms with Gasteiger partial charge >= 0.3 is 0 Å². The zero-order valence-electron chi connectivity index (χ0n) is 10.8. The molecule has 1 aliphatic heterocycles. The number of benzene rings is 2. The standard InChI is InChI=1S/C16H12ClNOS/c1-18-15-7-6-12(20)9-13(15)14(16(18)19)8-10-2-4-11(17)5-3-10/h2-9,20H,1H3/b14-8-. The smallest absolute Gasteiger partial charge is 0.258 e. The molecule has 0 aliphatic carbocycles. The lowest BCUT2D eigenvalue weighted by Crippen LogP contribution is -2.20. The number of hydrogen-bond acceptors (Lipinski definition) is 2. The number of nitrogens with zero attached hydrogens (tertiary/aromatic N) is 1. The van der Waals surface area contributed by atoms with E-state index in [-0.39, 0.29) is 5.91 Å². The van der Waals surface area contributed by atoms with Crippen molar-refractivity contribution in [3.63, 3.8) is 0 Å². The first-order chi connectivity index (χ1) is 9.56. The molecule has 0 N–H and O–H groups in total. The third-order valence-electron chi connectivity index (χ3n) is 3.35. The topological polar surface area (TPSA) is 20.3 Å². The van der Waals surface area contributed by atoms with E-state index in [4.69, 9.17) is 11.6 Å². The Morgan fingerprint density at radius 1 is 1.15 bits per heavy atom. The van der Waals surface area contributed by atoms with Gasteiger partial charge in [0.05, 0.1) is 5.69 Å². The van der Waals surface area contributed by atoms with Gasteiger partial charge in [-0.05, 0) is 42.0 Å². The number of fused-ring (bicyclic) bond motifs is 1. The van der Waals surface area contributed by atoms with Crippen molar-refractivity contribution in [1.29, 1.82) is 0 Å². The molecule has 2 aromatic rings. The molecule has 0 radical (unpaired) electrons. The number of rotatable bonds is 1. The van der Waals surface area contributed by atoms with Gasteiger partial charge < -0.3 is 4.90 Å². The first-order valence-electron chi connectivity index (χ1n) is 6.15. The van der Waals surface area contributed by atoms with E-state index in [9.17, 15) is 4.79 Å². The zero-order chi connectivity index (χ0) is 14.3. The summed E-state index contributed by atoms with van der Waals surface area (Å²) in [6, 6.07) is 13.1. The number of likely N-dealkylation sites (N-methyl/N-ethyl adjacent to an activating group) is 1. The molecular weight excluding hydrogens is 290 g/mol. The molecule has 1 heterocycles. The molecule has 0 aromatic heterocycles. The van der Waals surface area contributed by atoms with Crippen LogP contribution in [0.5, 0.6) is 0 Å². The maximum atomic E-state index is 12.4. The molecule has 0 spiro atoms. The summed E-state index contributed by atoms with van der Waals surface area (Å²) in [5.41, 5.74) is 3.46. The molecule has 0 atom stereocenters. The summed E-state index contributed by atoms with van der Waals surface area (Å²) in [5, 5.41) is 0.681. The van der Waals surface area contributed by atoms with Gasteiger partial charge in [-0.25, -0.2) is 0 Å². The average molecular weight is 302 g/mol. The molecular formula is C16H12ClNOS. The van der Waals surface area contributed by atoms with Crippen molar-refractivity contribution in [1.82, 2.24) is 0 Å². The number of amides is 1. The van der Waals surface area contributed by atoms with Crippen LogP contribution in [0, 0.1) is 0 Å². The SMILES string of the molecule is CN1C(=O)/C(=C\c2ccc(Cl)cc2)c2cc(S)ccc21. The molecule has 0 saturated heterocycles. The van der Waals surface area contributed by atoms with E-state index in [0.29, 0.717) is 10.6 Å². The van der Waals surface area contributed by atoms with E-state index < -0.39 is 0 Å². The normalized spacial score (nSPS) is 15.8. The molecule has 2 nitrogen and oxygen atoms in total. The lowest BCUT2D eigenvalue weighted by Gasteiger charge is -2.08. The van der Waals surface area contributed by atoms with Gasteiger partial charge in [0.15, 0.2) is 0 Å². The Morgan fingerprint density at radius 2 is 1.85 bits per heavy atom. The van der Waals surface area contributed by atoms with Gasteiger partial charge in [-0.15, -0.1) is 12.6 Å². The minimum atomic E-state index is -0.00566. The predicted octanol–water partition coefficient (Wildman–Crippen LogP) is 4.15. The predicted molar refractivity (Wildman–Crippen MR) is 86.4 cm³/mol. The van der Waals surface area contributed by atoms with Gasteiger partial charge in [-0.1, -0.05) is 23.7 Å². The molecule has 20 heavy (non-hydrogen) atoms. The van der Waals surface area contributed by atoms with Crippen molar-refractivity contribution in [2.24, 2.45) is 0 Å². The highest BCUT2D eigenvalue weighted by Gasteiger charge is 2.29. The fraction of sp³-hybridized carbons (Fsp3) is 0.0625. The highest BCUT2D eigenvalue weighted by molar-refractivity contribution is 7.80. The van der Waals surface area contributed by atoms with Gasteiger partial charge in [0.1, 0.15) is 0 Å².